The molecule has 44 heavy (non-hydrogen) atoms. The first kappa shape index (κ1) is 39.3. The summed E-state index contributed by atoms with van der Waals surface area (Å²) in [4.78, 5) is 0. The quantitative estimate of drug-likeness (QED) is 0.189. The van der Waals surface area contributed by atoms with E-state index in [1.807, 2.05) is 6.92 Å². The summed E-state index contributed by atoms with van der Waals surface area (Å²) >= 11 is 0. The molecule has 0 atom stereocenters. The molecule has 0 radical (unpaired) electrons. The molecule has 0 aliphatic heterocycles. The van der Waals surface area contributed by atoms with Gasteiger partial charge >= 0.3 is 42.2 Å². The van der Waals surface area contributed by atoms with Crippen LogP contribution in [0.25, 0.3) is 0 Å². The van der Waals surface area contributed by atoms with E-state index in [0.29, 0.717) is 18.7 Å². The predicted molar refractivity (Wildman–Crippen MR) is 111 cm³/mol. The molecule has 2 aromatic rings. The number of aromatic nitrogens is 2. The zero-order chi connectivity index (χ0) is 33.4. The number of aryl methyl sites for hydroxylation is 1. The van der Waals surface area contributed by atoms with E-state index < -0.39 is 59.3 Å². The highest BCUT2D eigenvalue weighted by Gasteiger charge is 2.88. The Morgan fingerprint density at radius 2 is 1.14 bits per heavy atom. The Labute approximate surface area is 246 Å². The van der Waals surface area contributed by atoms with Crippen molar-refractivity contribution in [3.63, 3.8) is 0 Å². The fraction of sp³-hybridized carbons (Fsp3) is 0.522. The van der Waals surface area contributed by atoms with Gasteiger partial charge in [-0.15, -0.1) is 0 Å². The van der Waals surface area contributed by atoms with E-state index in [1.54, 1.807) is 17.1 Å². The lowest BCUT2D eigenvalue weighted by atomic mass is 9.79. The highest BCUT2D eigenvalue weighted by atomic mass is 79.9. The van der Waals surface area contributed by atoms with Gasteiger partial charge in [0.05, 0.1) is 12.1 Å². The molecule has 3 nitrogen and oxygen atoms in total. The lowest BCUT2D eigenvalue weighted by molar-refractivity contribution is -0.687. The third-order valence-corrected chi connectivity index (χ3v) is 5.76. The predicted octanol–water partition coefficient (Wildman–Crippen LogP) is 5.49. The fourth-order valence-corrected chi connectivity index (χ4v) is 3.69. The summed E-state index contributed by atoms with van der Waals surface area (Å²) in [6, 6.07) is 2.17. The normalized spacial score (nSPS) is 13.9. The second-order valence-corrected chi connectivity index (χ2v) is 8.93. The summed E-state index contributed by atoms with van der Waals surface area (Å²) in [5, 5.41) is 0. The summed E-state index contributed by atoms with van der Waals surface area (Å²) in [5.74, 6) is -6.13. The Bertz CT molecular complexity index is 1200. The van der Waals surface area contributed by atoms with Crippen molar-refractivity contribution in [2.24, 2.45) is 0 Å². The topological polar surface area (TPSA) is 18.0 Å². The number of alkyl halides is 17. The van der Waals surface area contributed by atoms with Crippen LogP contribution in [0.3, 0.4) is 0 Å². The van der Waals surface area contributed by atoms with Crippen molar-refractivity contribution in [3.8, 4) is 5.75 Å². The van der Waals surface area contributed by atoms with E-state index in [-0.39, 0.29) is 29.1 Å². The zero-order valence-electron chi connectivity index (χ0n) is 21.5. The van der Waals surface area contributed by atoms with Gasteiger partial charge in [0.2, 0.25) is 12.1 Å². The SMILES string of the molecule is CCCCn1cc[n+](Cc2ccc(OC(=C(C(F)(C(F)(F)F)C(F)(F)F)C(F)(C(F)(F)F)C(F)(F)F)C(F)(F)F)cc2)c1.[Br-]. The molecule has 0 saturated heterocycles. The number of hydrogen-bond acceptors (Lipinski definition) is 1. The van der Waals surface area contributed by atoms with Crippen LogP contribution in [0.2, 0.25) is 0 Å². The Kier molecular flexibility index (Phi) is 11.5. The van der Waals surface area contributed by atoms with E-state index in [9.17, 15) is 74.6 Å². The van der Waals surface area contributed by atoms with Gasteiger partial charge in [0.25, 0.3) is 0 Å². The molecule has 252 valence electrons. The highest BCUT2D eigenvalue weighted by molar-refractivity contribution is 5.42. The van der Waals surface area contributed by atoms with Gasteiger partial charge in [-0.05, 0) is 24.1 Å². The lowest BCUT2D eigenvalue weighted by Gasteiger charge is -2.41. The summed E-state index contributed by atoms with van der Waals surface area (Å²) < 4.78 is 237. The van der Waals surface area contributed by atoms with Crippen molar-refractivity contribution in [2.45, 2.75) is 75.1 Å². The number of benzene rings is 1. The van der Waals surface area contributed by atoms with E-state index in [1.165, 1.54) is 10.8 Å². The summed E-state index contributed by atoms with van der Waals surface area (Å²) in [6.07, 6.45) is -33.1. The average molecular weight is 741 g/mol. The number of halogens is 18. The molecule has 0 bridgehead atoms. The van der Waals surface area contributed by atoms with Gasteiger partial charge in [0.1, 0.15) is 24.7 Å². The first-order valence-corrected chi connectivity index (χ1v) is 11.5. The molecular formula is C23H18BrF17N2O. The maximum absolute atomic E-state index is 14.8. The van der Waals surface area contributed by atoms with Gasteiger partial charge in [0.15, 0.2) is 0 Å². The van der Waals surface area contributed by atoms with Crippen LogP contribution in [0.15, 0.2) is 54.3 Å². The van der Waals surface area contributed by atoms with Gasteiger partial charge in [0, 0.05) is 0 Å². The zero-order valence-corrected chi connectivity index (χ0v) is 23.1. The van der Waals surface area contributed by atoms with Gasteiger partial charge in [-0.2, -0.15) is 65.9 Å². The molecule has 2 rings (SSSR count). The van der Waals surface area contributed by atoms with Crippen LogP contribution in [-0.2, 0) is 13.1 Å². The number of unbranched alkanes of at least 4 members (excludes halogenated alkanes) is 1. The molecule has 1 aromatic heterocycles. The van der Waals surface area contributed by atoms with Gasteiger partial charge in [-0.25, -0.2) is 17.9 Å². The Morgan fingerprint density at radius 3 is 1.50 bits per heavy atom. The summed E-state index contributed by atoms with van der Waals surface area (Å²) in [7, 11) is 0. The molecule has 0 saturated carbocycles. The first-order chi connectivity index (χ1) is 19.2. The van der Waals surface area contributed by atoms with Crippen molar-refractivity contribution in [2.75, 3.05) is 0 Å². The maximum Gasteiger partial charge on any atom is 0.449 e. The number of rotatable bonds is 9. The monoisotopic (exact) mass is 740 g/mol. The smallest absolute Gasteiger partial charge is 0.449 e. The van der Waals surface area contributed by atoms with Crippen molar-refractivity contribution in [1.82, 2.24) is 4.57 Å². The van der Waals surface area contributed by atoms with Gasteiger partial charge in [-0.1, -0.05) is 25.5 Å². The second kappa shape index (κ2) is 12.9. The molecule has 0 amide bonds. The molecule has 0 unspecified atom stereocenters. The number of imidazole rings is 1. The first-order valence-electron chi connectivity index (χ1n) is 11.5. The molecule has 0 spiro atoms. The molecule has 1 aromatic carbocycles. The minimum atomic E-state index is -8.22. The van der Waals surface area contributed by atoms with E-state index in [2.05, 4.69) is 4.74 Å². The third kappa shape index (κ3) is 7.72. The Balaban J connectivity index is 0.00000968. The van der Waals surface area contributed by atoms with Crippen LogP contribution in [0.4, 0.5) is 74.6 Å². The molecule has 0 N–H and O–H groups in total. The summed E-state index contributed by atoms with van der Waals surface area (Å²) in [5.41, 5.74) is -21.8. The Hall–Kier alpha value is -2.74. The van der Waals surface area contributed by atoms with Crippen molar-refractivity contribution in [1.29, 1.82) is 0 Å². The standard InChI is InChI=1S/C23H18F17N2O.BrH/c1-2-3-8-41-9-10-42(12-41)11-13-4-6-14(7-5-13)43-16(19(26,27)28)15(17(24,20(29,30)31)21(32,33)34)18(25,22(35,36)37)23(38,39)40;/h4-7,9-10,12H,2-3,8,11H2,1H3;1H/q+1;/p-1. The number of nitrogens with zero attached hydrogens (tertiary/aromatic N) is 2. The van der Waals surface area contributed by atoms with Crippen LogP contribution < -0.4 is 26.3 Å². The third-order valence-electron chi connectivity index (χ3n) is 5.76. The molecule has 21 heteroatoms. The van der Waals surface area contributed by atoms with Gasteiger partial charge in [-0.3, -0.25) is 0 Å². The van der Waals surface area contributed by atoms with Crippen molar-refractivity contribution >= 4 is 0 Å². The second-order valence-electron chi connectivity index (χ2n) is 8.93. The molecule has 0 fully saturated rings. The number of ether oxygens (including phenoxy) is 1. The van der Waals surface area contributed by atoms with Crippen molar-refractivity contribution in [3.05, 3.63) is 59.9 Å². The van der Waals surface area contributed by atoms with E-state index >= 15 is 0 Å². The lowest BCUT2D eigenvalue weighted by Crippen LogP contribution is -3.00. The highest BCUT2D eigenvalue weighted by Crippen LogP contribution is 2.63. The van der Waals surface area contributed by atoms with Gasteiger partial charge < -0.3 is 21.7 Å². The number of allylic oxidation sites excluding steroid dienone is 2. The molecule has 0 aliphatic rings. The van der Waals surface area contributed by atoms with E-state index in [4.69, 9.17) is 0 Å². The minimum absolute atomic E-state index is 0. The molecule has 1 heterocycles. The average Bonchev–Trinajstić information content (AvgIpc) is 3.26. The van der Waals surface area contributed by atoms with Crippen LogP contribution >= 0.6 is 0 Å². The van der Waals surface area contributed by atoms with Crippen LogP contribution in [0, 0.1) is 0 Å². The van der Waals surface area contributed by atoms with Crippen molar-refractivity contribution < 1.29 is 101 Å². The largest absolute Gasteiger partial charge is 1.00 e. The van der Waals surface area contributed by atoms with Crippen LogP contribution in [0.5, 0.6) is 5.75 Å². The number of hydrogen-bond donors (Lipinski definition) is 0. The minimum Gasteiger partial charge on any atom is -1.00 e. The molecular weight excluding hydrogens is 723 g/mol. The fourth-order valence-electron chi connectivity index (χ4n) is 3.69. The van der Waals surface area contributed by atoms with Crippen LogP contribution in [-0.4, -0.2) is 46.8 Å². The van der Waals surface area contributed by atoms with E-state index in [0.717, 1.165) is 25.0 Å². The maximum atomic E-state index is 14.8. The Morgan fingerprint density at radius 1 is 0.705 bits per heavy atom. The van der Waals surface area contributed by atoms with Crippen LogP contribution in [0.1, 0.15) is 25.3 Å². The summed E-state index contributed by atoms with van der Waals surface area (Å²) in [6.45, 7) is 2.41. The molecule has 0 aliphatic carbocycles.